The average molecular weight is 371 g/mol. The molecule has 0 aromatic heterocycles. The van der Waals surface area contributed by atoms with Crippen LogP contribution in [0.25, 0.3) is 0 Å². The molecule has 0 saturated heterocycles. The molecule has 128 valence electrons. The summed E-state index contributed by atoms with van der Waals surface area (Å²) in [6.07, 6.45) is 2.10. The number of hydrogen-bond donors (Lipinski definition) is 3. The van der Waals surface area contributed by atoms with Gasteiger partial charge in [0.05, 0.1) is 0 Å². The molecule has 0 aromatic rings. The van der Waals surface area contributed by atoms with Crippen molar-refractivity contribution in [1.82, 2.24) is 0 Å². The number of hydrogen-bond acceptors (Lipinski definition) is 5. The topological polar surface area (TPSA) is 20.2 Å². The van der Waals surface area contributed by atoms with E-state index in [9.17, 15) is 5.11 Å². The summed E-state index contributed by atoms with van der Waals surface area (Å²) in [6, 6.07) is 0. The summed E-state index contributed by atoms with van der Waals surface area (Å²) in [7, 11) is 3.28. The zero-order valence-corrected chi connectivity index (χ0v) is 18.3. The molecule has 0 aliphatic carbocycles. The first-order valence-corrected chi connectivity index (χ1v) is 11.2. The van der Waals surface area contributed by atoms with Crippen molar-refractivity contribution in [1.29, 1.82) is 0 Å². The third-order valence-electron chi connectivity index (χ3n) is 4.29. The van der Waals surface area contributed by atoms with Gasteiger partial charge in [0, 0.05) is 16.1 Å². The quantitative estimate of drug-likeness (QED) is 0.335. The molecular weight excluding hydrogens is 336 g/mol. The van der Waals surface area contributed by atoms with Crippen molar-refractivity contribution in [2.24, 2.45) is 16.7 Å². The fourth-order valence-corrected chi connectivity index (χ4v) is 5.28. The van der Waals surface area contributed by atoms with Crippen LogP contribution in [-0.4, -0.2) is 21.2 Å². The van der Waals surface area contributed by atoms with Gasteiger partial charge in [0.2, 0.25) is 0 Å². The van der Waals surface area contributed by atoms with Crippen LogP contribution in [0.4, 0.5) is 0 Å². The molecule has 0 rings (SSSR count). The molecule has 0 aliphatic heterocycles. The Kier molecular flexibility index (Phi) is 8.47. The highest BCUT2D eigenvalue weighted by atomic mass is 33.1. The van der Waals surface area contributed by atoms with Crippen molar-refractivity contribution in [3.05, 3.63) is 0 Å². The van der Waals surface area contributed by atoms with E-state index in [-0.39, 0.29) is 26.9 Å². The Morgan fingerprint density at radius 2 is 1.19 bits per heavy atom. The average Bonchev–Trinajstić information content (AvgIpc) is 2.34. The van der Waals surface area contributed by atoms with E-state index in [0.29, 0.717) is 5.92 Å². The van der Waals surface area contributed by atoms with Crippen LogP contribution in [0.1, 0.15) is 68.2 Å². The van der Waals surface area contributed by atoms with Gasteiger partial charge < -0.3 is 5.11 Å². The molecule has 5 heteroatoms. The van der Waals surface area contributed by atoms with Crippen molar-refractivity contribution < 1.29 is 5.11 Å². The van der Waals surface area contributed by atoms with Gasteiger partial charge in [0.25, 0.3) is 0 Å². The highest BCUT2D eigenvalue weighted by Crippen LogP contribution is 2.52. The summed E-state index contributed by atoms with van der Waals surface area (Å²) in [5.74, 6) is 0.472. The van der Waals surface area contributed by atoms with Crippen molar-refractivity contribution in [3.63, 3.8) is 0 Å². The van der Waals surface area contributed by atoms with Gasteiger partial charge in [-0.25, -0.2) is 0 Å². The lowest BCUT2D eigenvalue weighted by molar-refractivity contribution is 0.0821. The van der Waals surface area contributed by atoms with Crippen molar-refractivity contribution in [3.8, 4) is 0 Å². The maximum atomic E-state index is 9.57. The number of aliphatic hydroxyl groups is 1. The monoisotopic (exact) mass is 370 g/mol. The summed E-state index contributed by atoms with van der Waals surface area (Å²) < 4.78 is 0.145. The lowest BCUT2D eigenvalue weighted by Crippen LogP contribution is -2.44. The molecule has 0 radical (unpaired) electrons. The van der Waals surface area contributed by atoms with Crippen LogP contribution in [0.5, 0.6) is 0 Å². The third-order valence-corrected chi connectivity index (χ3v) is 8.62. The van der Waals surface area contributed by atoms with Crippen LogP contribution in [0.15, 0.2) is 0 Å². The molecule has 0 aromatic carbocycles. The second kappa shape index (κ2) is 7.96. The van der Waals surface area contributed by atoms with Gasteiger partial charge in [-0.05, 0) is 57.3 Å². The molecule has 0 heterocycles. The van der Waals surface area contributed by atoms with Crippen molar-refractivity contribution >= 4 is 44.9 Å². The molecule has 0 fully saturated rings. The van der Waals surface area contributed by atoms with E-state index in [2.05, 4.69) is 78.7 Å². The van der Waals surface area contributed by atoms with Gasteiger partial charge >= 0.3 is 0 Å². The van der Waals surface area contributed by atoms with Gasteiger partial charge in [-0.15, -0.1) is 23.3 Å². The van der Waals surface area contributed by atoms with Crippen LogP contribution < -0.4 is 0 Å². The smallest absolute Gasteiger partial charge is 0.0482 e. The van der Waals surface area contributed by atoms with Crippen molar-refractivity contribution in [2.75, 3.05) is 6.61 Å². The lowest BCUT2D eigenvalue weighted by atomic mass is 9.67. The van der Waals surface area contributed by atoms with Crippen LogP contribution in [0.2, 0.25) is 0 Å². The summed E-state index contributed by atoms with van der Waals surface area (Å²) in [4.78, 5) is 0. The maximum absolute atomic E-state index is 9.57. The fraction of sp³-hybridized carbons (Fsp3) is 1.00. The van der Waals surface area contributed by atoms with E-state index in [1.807, 2.05) is 0 Å². The standard InChI is InChI=1S/C16H34OS4/c1-13(2,10-14(3,4)11-17)9-12(15(5,6)20-18)16(7,8)21-19/h12,17-19H,9-11H2,1-8H3. The fourth-order valence-electron chi connectivity index (χ4n) is 3.43. The maximum Gasteiger partial charge on any atom is 0.0482 e. The summed E-state index contributed by atoms with van der Waals surface area (Å²) in [5.41, 5.74) is 0.128. The minimum Gasteiger partial charge on any atom is -0.396 e. The molecule has 0 saturated carbocycles. The van der Waals surface area contributed by atoms with E-state index in [4.69, 9.17) is 0 Å². The van der Waals surface area contributed by atoms with Crippen LogP contribution in [0.3, 0.4) is 0 Å². The molecular formula is C16H34OS4. The number of thiol groups is 2. The minimum atomic E-state index is -0.0372. The molecule has 0 amide bonds. The van der Waals surface area contributed by atoms with E-state index in [0.717, 1.165) is 12.8 Å². The predicted molar refractivity (Wildman–Crippen MR) is 109 cm³/mol. The molecule has 1 nitrogen and oxygen atoms in total. The first-order valence-electron chi connectivity index (χ1n) is 7.49. The largest absolute Gasteiger partial charge is 0.396 e. The first-order chi connectivity index (χ1) is 9.23. The van der Waals surface area contributed by atoms with Gasteiger partial charge in [0.1, 0.15) is 0 Å². The van der Waals surface area contributed by atoms with Crippen molar-refractivity contribution in [2.45, 2.75) is 77.7 Å². The zero-order valence-electron chi connectivity index (χ0n) is 14.9. The third kappa shape index (κ3) is 7.19. The van der Waals surface area contributed by atoms with Gasteiger partial charge in [0.15, 0.2) is 0 Å². The minimum absolute atomic E-state index is 0.0372. The van der Waals surface area contributed by atoms with Crippen LogP contribution in [0, 0.1) is 16.7 Å². The summed E-state index contributed by atoms with van der Waals surface area (Å²) in [5, 5.41) is 9.57. The highest BCUT2D eigenvalue weighted by molar-refractivity contribution is 8.69. The Morgan fingerprint density at radius 1 is 0.810 bits per heavy atom. The van der Waals surface area contributed by atoms with Crippen LogP contribution in [-0.2, 0) is 0 Å². The van der Waals surface area contributed by atoms with Gasteiger partial charge in [-0.2, -0.15) is 0 Å². The summed E-state index contributed by atoms with van der Waals surface area (Å²) in [6.45, 7) is 18.2. The Bertz CT molecular complexity index is 308. The van der Waals surface area contributed by atoms with E-state index in [1.165, 1.54) is 0 Å². The Balaban J connectivity index is 5.32. The van der Waals surface area contributed by atoms with E-state index >= 15 is 0 Å². The Labute approximate surface area is 150 Å². The molecule has 0 bridgehead atoms. The molecule has 1 N–H and O–H groups in total. The lowest BCUT2D eigenvalue weighted by Gasteiger charge is -2.47. The normalized spacial score (nSPS) is 14.9. The van der Waals surface area contributed by atoms with Gasteiger partial charge in [-0.1, -0.05) is 49.3 Å². The Hall–Kier alpha value is 1.36. The molecule has 21 heavy (non-hydrogen) atoms. The second-order valence-corrected chi connectivity index (χ2v) is 12.4. The van der Waals surface area contributed by atoms with E-state index < -0.39 is 0 Å². The first kappa shape index (κ1) is 22.4. The van der Waals surface area contributed by atoms with Crippen LogP contribution >= 0.6 is 44.9 Å². The molecule has 0 atom stereocenters. The zero-order chi connectivity index (χ0) is 17.1. The Morgan fingerprint density at radius 3 is 1.48 bits per heavy atom. The highest BCUT2D eigenvalue weighted by Gasteiger charge is 2.44. The number of aliphatic hydroxyl groups excluding tert-OH is 1. The predicted octanol–water partition coefficient (Wildman–Crippen LogP) is 6.14. The molecule has 0 aliphatic rings. The SMILES string of the molecule is CC(C)(CO)CC(C)(C)CC(C(C)(C)SS)C(C)(C)SS. The van der Waals surface area contributed by atoms with Gasteiger partial charge in [-0.3, -0.25) is 0 Å². The summed E-state index contributed by atoms with van der Waals surface area (Å²) >= 11 is 9.02. The second-order valence-electron chi connectivity index (χ2n) is 8.81. The number of rotatable bonds is 9. The molecule has 0 unspecified atom stereocenters. The van der Waals surface area contributed by atoms with E-state index in [1.54, 1.807) is 21.6 Å². The molecule has 0 spiro atoms.